The van der Waals surface area contributed by atoms with Gasteiger partial charge in [0.2, 0.25) is 6.79 Å². The lowest BCUT2D eigenvalue weighted by atomic mass is 10.2. The number of hydrazone groups is 1. The lowest BCUT2D eigenvalue weighted by Crippen LogP contribution is -2.34. The largest absolute Gasteiger partial charge is 0.493 e. The molecule has 9 nitrogen and oxygen atoms in total. The van der Waals surface area contributed by atoms with Gasteiger partial charge in [-0.15, -0.1) is 0 Å². The Bertz CT molecular complexity index is 1290. The molecule has 2 N–H and O–H groups in total. The highest BCUT2D eigenvalue weighted by atomic mass is 79.9. The Morgan fingerprint density at radius 2 is 1.86 bits per heavy atom. The number of nitrogens with one attached hydrogen (secondary N) is 2. The maximum Gasteiger partial charge on any atom is 0.259 e. The number of nitrogens with zero attached hydrogens (tertiary/aromatic N) is 1. The molecule has 36 heavy (non-hydrogen) atoms. The van der Waals surface area contributed by atoms with Crippen LogP contribution < -0.4 is 29.7 Å². The van der Waals surface area contributed by atoms with Gasteiger partial charge in [-0.1, -0.05) is 29.8 Å². The molecule has 0 bridgehead atoms. The fraction of sp³-hybridized carbons (Fsp3) is 0.192. The van der Waals surface area contributed by atoms with Crippen molar-refractivity contribution < 1.29 is 28.5 Å². The molecule has 0 saturated heterocycles. The number of ether oxygens (including phenoxy) is 4. The SMILES string of the molecule is COc1cc(/C=N/NC(=O)CNC(=O)c2ccc3c(c2)OCO3)cc(Br)c1OCc1ccc(C)cc1. The van der Waals surface area contributed by atoms with Crippen LogP contribution in [0.15, 0.2) is 64.2 Å². The maximum atomic E-state index is 12.3. The lowest BCUT2D eigenvalue weighted by Gasteiger charge is -2.13. The monoisotopic (exact) mass is 553 g/mol. The van der Waals surface area contributed by atoms with Crippen molar-refractivity contribution in [3.8, 4) is 23.0 Å². The third-order valence-electron chi connectivity index (χ3n) is 5.20. The molecule has 0 aliphatic carbocycles. The number of rotatable bonds is 9. The highest BCUT2D eigenvalue weighted by Crippen LogP contribution is 2.37. The van der Waals surface area contributed by atoms with Crippen LogP contribution in [0.4, 0.5) is 0 Å². The van der Waals surface area contributed by atoms with E-state index in [0.717, 1.165) is 5.56 Å². The Morgan fingerprint density at radius 1 is 1.08 bits per heavy atom. The predicted molar refractivity (Wildman–Crippen MR) is 137 cm³/mol. The Hall–Kier alpha value is -4.05. The molecule has 1 heterocycles. The number of fused-ring (bicyclic) bond motifs is 1. The third-order valence-corrected chi connectivity index (χ3v) is 5.79. The van der Waals surface area contributed by atoms with E-state index in [1.165, 1.54) is 11.8 Å². The molecular formula is C26H24BrN3O6. The van der Waals surface area contributed by atoms with Gasteiger partial charge in [0.25, 0.3) is 11.8 Å². The van der Waals surface area contributed by atoms with Gasteiger partial charge in [0.1, 0.15) is 6.61 Å². The first kappa shape index (κ1) is 25.1. The van der Waals surface area contributed by atoms with Crippen molar-refractivity contribution in [3.05, 3.63) is 81.3 Å². The van der Waals surface area contributed by atoms with Crippen LogP contribution >= 0.6 is 15.9 Å². The summed E-state index contributed by atoms with van der Waals surface area (Å²) in [5.41, 5.74) is 5.63. The normalized spacial score (nSPS) is 11.9. The molecule has 0 saturated carbocycles. The molecule has 186 valence electrons. The van der Waals surface area contributed by atoms with Crippen LogP contribution in [0.1, 0.15) is 27.0 Å². The molecule has 0 aromatic heterocycles. The molecule has 0 radical (unpaired) electrons. The van der Waals surface area contributed by atoms with Crippen molar-refractivity contribution in [1.82, 2.24) is 10.7 Å². The third kappa shape index (κ3) is 6.33. The Labute approximate surface area is 216 Å². The van der Waals surface area contributed by atoms with Gasteiger partial charge in [0.05, 0.1) is 24.3 Å². The number of halogens is 1. The van der Waals surface area contributed by atoms with E-state index in [1.54, 1.807) is 37.4 Å². The molecule has 3 aromatic rings. The van der Waals surface area contributed by atoms with Crippen LogP contribution in [0.3, 0.4) is 0 Å². The summed E-state index contributed by atoms with van der Waals surface area (Å²) in [7, 11) is 1.55. The first-order chi connectivity index (χ1) is 17.4. The first-order valence-electron chi connectivity index (χ1n) is 11.0. The Kier molecular flexibility index (Phi) is 8.06. The average molecular weight is 554 g/mol. The summed E-state index contributed by atoms with van der Waals surface area (Å²) < 4.78 is 22.6. The van der Waals surface area contributed by atoms with Crippen LogP contribution in [0.25, 0.3) is 0 Å². The topological polar surface area (TPSA) is 107 Å². The average Bonchev–Trinajstić information content (AvgIpc) is 3.35. The lowest BCUT2D eigenvalue weighted by molar-refractivity contribution is -0.120. The van der Waals surface area contributed by atoms with E-state index in [4.69, 9.17) is 18.9 Å². The van der Waals surface area contributed by atoms with Crippen molar-refractivity contribution in [3.63, 3.8) is 0 Å². The van der Waals surface area contributed by atoms with Crippen LogP contribution in [0.5, 0.6) is 23.0 Å². The van der Waals surface area contributed by atoms with Crippen molar-refractivity contribution >= 4 is 34.0 Å². The van der Waals surface area contributed by atoms with Crippen molar-refractivity contribution in [1.29, 1.82) is 0 Å². The summed E-state index contributed by atoms with van der Waals surface area (Å²) in [4.78, 5) is 24.4. The molecule has 0 atom stereocenters. The van der Waals surface area contributed by atoms with Crippen LogP contribution in [-0.2, 0) is 11.4 Å². The summed E-state index contributed by atoms with van der Waals surface area (Å²) in [6, 6.07) is 16.4. The number of carbonyl (C=O) groups excluding carboxylic acids is 2. The molecule has 4 rings (SSSR count). The summed E-state index contributed by atoms with van der Waals surface area (Å²) >= 11 is 3.51. The van der Waals surface area contributed by atoms with Gasteiger partial charge in [0.15, 0.2) is 23.0 Å². The van der Waals surface area contributed by atoms with Crippen molar-refractivity contribution in [2.24, 2.45) is 5.10 Å². The molecule has 1 aliphatic rings. The molecule has 0 spiro atoms. The number of amides is 2. The van der Waals surface area contributed by atoms with E-state index >= 15 is 0 Å². The number of carbonyl (C=O) groups is 2. The van der Waals surface area contributed by atoms with Gasteiger partial charge in [-0.25, -0.2) is 5.43 Å². The number of aryl methyl sites for hydroxylation is 1. The summed E-state index contributed by atoms with van der Waals surface area (Å²) in [5, 5.41) is 6.50. The van der Waals surface area contributed by atoms with Crippen molar-refractivity contribution in [2.45, 2.75) is 13.5 Å². The minimum absolute atomic E-state index is 0.118. The molecule has 2 amide bonds. The van der Waals surface area contributed by atoms with Gasteiger partial charge < -0.3 is 24.3 Å². The number of hydrogen-bond acceptors (Lipinski definition) is 7. The minimum Gasteiger partial charge on any atom is -0.493 e. The Balaban J connectivity index is 1.30. The van der Waals surface area contributed by atoms with E-state index in [-0.39, 0.29) is 13.3 Å². The number of hydrogen-bond donors (Lipinski definition) is 2. The standard InChI is InChI=1S/C26H24BrN3O6/c1-16-3-5-17(6-4-16)14-34-25-20(27)9-18(10-23(25)33-2)12-29-30-24(31)13-28-26(32)19-7-8-21-22(11-19)36-15-35-21/h3-12H,13-15H2,1-2H3,(H,28,32)(H,30,31)/b29-12+. The van der Waals surface area contributed by atoms with E-state index in [2.05, 4.69) is 31.8 Å². The highest BCUT2D eigenvalue weighted by molar-refractivity contribution is 9.10. The number of benzene rings is 3. The maximum absolute atomic E-state index is 12.3. The van der Waals surface area contributed by atoms with E-state index in [1.807, 2.05) is 31.2 Å². The van der Waals surface area contributed by atoms with Gasteiger partial charge in [-0.05, 0) is 64.3 Å². The molecule has 0 unspecified atom stereocenters. The molecule has 10 heteroatoms. The molecule has 1 aliphatic heterocycles. The molecular weight excluding hydrogens is 530 g/mol. The zero-order chi connectivity index (χ0) is 25.5. The second-order valence-electron chi connectivity index (χ2n) is 7.85. The smallest absolute Gasteiger partial charge is 0.259 e. The van der Waals surface area contributed by atoms with E-state index in [0.29, 0.717) is 45.2 Å². The van der Waals surface area contributed by atoms with E-state index < -0.39 is 11.8 Å². The van der Waals surface area contributed by atoms with Gasteiger partial charge in [-0.2, -0.15) is 5.10 Å². The minimum atomic E-state index is -0.482. The van der Waals surface area contributed by atoms with Crippen molar-refractivity contribution in [2.75, 3.05) is 20.4 Å². The first-order valence-corrected chi connectivity index (χ1v) is 11.8. The molecule has 0 fully saturated rings. The summed E-state index contributed by atoms with van der Waals surface area (Å²) in [6.07, 6.45) is 1.47. The fourth-order valence-electron chi connectivity index (χ4n) is 3.31. The second kappa shape index (κ2) is 11.6. The fourth-order valence-corrected chi connectivity index (χ4v) is 3.89. The summed E-state index contributed by atoms with van der Waals surface area (Å²) in [5.74, 6) is 1.25. The highest BCUT2D eigenvalue weighted by Gasteiger charge is 2.16. The summed E-state index contributed by atoms with van der Waals surface area (Å²) in [6.45, 7) is 2.29. The second-order valence-corrected chi connectivity index (χ2v) is 8.71. The van der Waals surface area contributed by atoms with E-state index in [9.17, 15) is 9.59 Å². The quantitative estimate of drug-likeness (QED) is 0.307. The van der Waals surface area contributed by atoms with Crippen LogP contribution in [-0.4, -0.2) is 38.5 Å². The number of methoxy groups -OCH3 is 1. The van der Waals surface area contributed by atoms with Gasteiger partial charge in [-0.3, -0.25) is 9.59 Å². The molecule has 3 aromatic carbocycles. The van der Waals surface area contributed by atoms with Crippen LogP contribution in [0.2, 0.25) is 0 Å². The van der Waals surface area contributed by atoms with Crippen LogP contribution in [0, 0.1) is 6.92 Å². The predicted octanol–water partition coefficient (Wildman–Crippen LogP) is 3.95. The zero-order valence-electron chi connectivity index (χ0n) is 19.7. The zero-order valence-corrected chi connectivity index (χ0v) is 21.3. The van der Waals surface area contributed by atoms with Gasteiger partial charge in [0, 0.05) is 5.56 Å². The van der Waals surface area contributed by atoms with Gasteiger partial charge >= 0.3 is 0 Å². The Morgan fingerprint density at radius 3 is 2.64 bits per heavy atom.